The maximum atomic E-state index is 11.3. The molecule has 1 saturated carbocycles. The van der Waals surface area contributed by atoms with Crippen molar-refractivity contribution in [2.75, 3.05) is 6.54 Å². The van der Waals surface area contributed by atoms with E-state index in [1.54, 1.807) is 12.1 Å². The highest BCUT2D eigenvalue weighted by molar-refractivity contribution is 5.88. The molecule has 1 aromatic heterocycles. The zero-order valence-electron chi connectivity index (χ0n) is 18.6. The first kappa shape index (κ1) is 20.8. The van der Waals surface area contributed by atoms with Crippen LogP contribution in [0.5, 0.6) is 0 Å². The number of carbonyl (C=O) groups is 1. The van der Waals surface area contributed by atoms with Gasteiger partial charge in [0.25, 0.3) is 0 Å². The quantitative estimate of drug-likeness (QED) is 0.496. The smallest absolute Gasteiger partial charge is 0.335 e. The number of terminal acetylenes is 1. The van der Waals surface area contributed by atoms with Gasteiger partial charge in [-0.15, -0.1) is 12.3 Å². The van der Waals surface area contributed by atoms with Gasteiger partial charge >= 0.3 is 5.97 Å². The molecule has 3 aromatic rings. The van der Waals surface area contributed by atoms with Crippen LogP contribution in [-0.4, -0.2) is 27.5 Å². The number of likely N-dealkylation sites (tertiary alicyclic amines) is 1. The number of hydrogen-bond acceptors (Lipinski definition) is 2. The van der Waals surface area contributed by atoms with Crippen molar-refractivity contribution in [3.05, 3.63) is 70.4 Å². The minimum Gasteiger partial charge on any atom is -0.478 e. The summed E-state index contributed by atoms with van der Waals surface area (Å²) in [6, 6.07) is 12.2. The highest BCUT2D eigenvalue weighted by atomic mass is 16.4. The van der Waals surface area contributed by atoms with Crippen LogP contribution in [0, 0.1) is 31.1 Å². The maximum Gasteiger partial charge on any atom is 0.335 e. The molecular weight excluding hydrogens is 396 g/mol. The number of nitrogens with one attached hydrogen (secondary N) is 1. The molecule has 164 valence electrons. The van der Waals surface area contributed by atoms with Crippen LogP contribution in [0.2, 0.25) is 0 Å². The molecule has 2 fully saturated rings. The Morgan fingerprint density at radius 1 is 1.22 bits per heavy atom. The number of piperidine rings is 1. The lowest BCUT2D eigenvalue weighted by Crippen LogP contribution is -2.36. The lowest BCUT2D eigenvalue weighted by molar-refractivity contribution is 0.0696. The standard InChI is InChI=1S/C28H30N2O2/c1-3-19-11-13-30(26(16-19)21-6-8-22(9-7-21)28(31)32)17-25-23(15-20-4-5-20)14-18(2)27-24(25)10-12-29-27/h1,6-10,12,14,19-20,26,29H,4-5,11,13,15-17H2,2H3,(H,31,32)/t19-,26-/m0/s1. The third-order valence-electron chi connectivity index (χ3n) is 7.30. The first-order valence-corrected chi connectivity index (χ1v) is 11.7. The molecule has 1 saturated heterocycles. The van der Waals surface area contributed by atoms with Crippen molar-refractivity contribution in [2.24, 2.45) is 11.8 Å². The predicted octanol–water partition coefficient (Wildman–Crippen LogP) is 5.71. The lowest BCUT2D eigenvalue weighted by atomic mass is 9.86. The van der Waals surface area contributed by atoms with Crippen LogP contribution >= 0.6 is 0 Å². The summed E-state index contributed by atoms with van der Waals surface area (Å²) in [4.78, 5) is 17.3. The number of H-pyrrole nitrogens is 1. The number of carboxylic acids is 1. The summed E-state index contributed by atoms with van der Waals surface area (Å²) in [6.07, 6.45) is 13.6. The van der Waals surface area contributed by atoms with Crippen molar-refractivity contribution >= 4 is 16.9 Å². The molecule has 0 amide bonds. The Kier molecular flexibility index (Phi) is 5.53. The second-order valence-corrected chi connectivity index (χ2v) is 9.55. The molecule has 32 heavy (non-hydrogen) atoms. The average molecular weight is 427 g/mol. The van der Waals surface area contributed by atoms with Gasteiger partial charge < -0.3 is 10.1 Å². The molecule has 1 aliphatic carbocycles. The second kappa shape index (κ2) is 8.48. The van der Waals surface area contributed by atoms with E-state index < -0.39 is 5.97 Å². The van der Waals surface area contributed by atoms with E-state index in [0.717, 1.165) is 43.8 Å². The van der Waals surface area contributed by atoms with Crippen LogP contribution in [0.15, 0.2) is 42.6 Å². The van der Waals surface area contributed by atoms with Crippen LogP contribution in [0.4, 0.5) is 0 Å². The number of aromatic amines is 1. The first-order chi connectivity index (χ1) is 15.5. The summed E-state index contributed by atoms with van der Waals surface area (Å²) in [7, 11) is 0. The number of carboxylic acid groups (broad SMARTS) is 1. The van der Waals surface area contributed by atoms with E-state index in [-0.39, 0.29) is 12.0 Å². The third kappa shape index (κ3) is 4.06. The van der Waals surface area contributed by atoms with Crippen molar-refractivity contribution in [1.82, 2.24) is 9.88 Å². The number of aromatic carboxylic acids is 1. The average Bonchev–Trinajstić information content (AvgIpc) is 3.47. The van der Waals surface area contributed by atoms with Crippen LogP contribution in [-0.2, 0) is 13.0 Å². The molecule has 0 bridgehead atoms. The van der Waals surface area contributed by atoms with Crippen LogP contribution in [0.1, 0.15) is 64.3 Å². The van der Waals surface area contributed by atoms with Crippen molar-refractivity contribution in [2.45, 2.75) is 51.6 Å². The summed E-state index contributed by atoms with van der Waals surface area (Å²) in [5.74, 6) is 3.17. The number of benzene rings is 2. The molecular formula is C28H30N2O2. The Morgan fingerprint density at radius 2 is 2.00 bits per heavy atom. The molecule has 5 rings (SSSR count). The number of rotatable bonds is 6. The maximum absolute atomic E-state index is 11.3. The Labute approximate surface area is 189 Å². The Bertz CT molecular complexity index is 1180. The van der Waals surface area contributed by atoms with Gasteiger partial charge in [0.1, 0.15) is 0 Å². The fourth-order valence-corrected chi connectivity index (χ4v) is 5.29. The predicted molar refractivity (Wildman–Crippen MR) is 128 cm³/mol. The van der Waals surface area contributed by atoms with Crippen molar-refractivity contribution in [3.63, 3.8) is 0 Å². The third-order valence-corrected chi connectivity index (χ3v) is 7.30. The minimum absolute atomic E-state index is 0.191. The molecule has 2 aromatic carbocycles. The van der Waals surface area contributed by atoms with E-state index >= 15 is 0 Å². The molecule has 2 atom stereocenters. The zero-order valence-corrected chi connectivity index (χ0v) is 18.6. The van der Waals surface area contributed by atoms with Gasteiger partial charge in [-0.25, -0.2) is 4.79 Å². The Hall–Kier alpha value is -3.03. The lowest BCUT2D eigenvalue weighted by Gasteiger charge is -2.39. The van der Waals surface area contributed by atoms with Gasteiger partial charge in [-0.1, -0.05) is 18.2 Å². The van der Waals surface area contributed by atoms with E-state index in [4.69, 9.17) is 6.42 Å². The van der Waals surface area contributed by atoms with Gasteiger partial charge in [0.15, 0.2) is 0 Å². The SMILES string of the molecule is C#C[C@H]1CCN(Cc2c(CC3CC3)cc(C)c3[nH]ccc23)[C@H](c2ccc(C(=O)O)cc2)C1. The molecule has 1 aliphatic heterocycles. The van der Waals surface area contributed by atoms with Crippen LogP contribution in [0.25, 0.3) is 10.9 Å². The van der Waals surface area contributed by atoms with Crippen molar-refractivity contribution in [1.29, 1.82) is 0 Å². The van der Waals surface area contributed by atoms with Gasteiger partial charge in [0.05, 0.1) is 5.56 Å². The molecule has 2 N–H and O–H groups in total. The van der Waals surface area contributed by atoms with Gasteiger partial charge in [0.2, 0.25) is 0 Å². The fraction of sp³-hybridized carbons (Fsp3) is 0.393. The number of hydrogen-bond donors (Lipinski definition) is 2. The molecule has 0 spiro atoms. The number of aryl methyl sites for hydroxylation is 1. The van der Waals surface area contributed by atoms with Crippen LogP contribution < -0.4 is 0 Å². The Balaban J connectivity index is 1.50. The topological polar surface area (TPSA) is 56.3 Å². The van der Waals surface area contributed by atoms with Crippen LogP contribution in [0.3, 0.4) is 0 Å². The first-order valence-electron chi connectivity index (χ1n) is 11.7. The fourth-order valence-electron chi connectivity index (χ4n) is 5.29. The molecule has 2 aliphatic rings. The van der Waals surface area contributed by atoms with Gasteiger partial charge in [-0.3, -0.25) is 4.90 Å². The molecule has 0 unspecified atom stereocenters. The van der Waals surface area contributed by atoms with E-state index in [1.807, 2.05) is 12.1 Å². The highest BCUT2D eigenvalue weighted by Gasteiger charge is 2.31. The van der Waals surface area contributed by atoms with E-state index in [2.05, 4.69) is 41.1 Å². The second-order valence-electron chi connectivity index (χ2n) is 9.55. The summed E-state index contributed by atoms with van der Waals surface area (Å²) in [5.41, 5.74) is 6.94. The van der Waals surface area contributed by atoms with E-state index in [1.165, 1.54) is 40.4 Å². The number of nitrogens with zero attached hydrogens (tertiary/aromatic N) is 1. The number of fused-ring (bicyclic) bond motifs is 1. The largest absolute Gasteiger partial charge is 0.478 e. The Morgan fingerprint density at radius 3 is 2.69 bits per heavy atom. The monoisotopic (exact) mass is 426 g/mol. The summed E-state index contributed by atoms with van der Waals surface area (Å²) < 4.78 is 0. The summed E-state index contributed by atoms with van der Waals surface area (Å²) in [5, 5.41) is 10.6. The van der Waals surface area contributed by atoms with Gasteiger partial charge in [0, 0.05) is 42.1 Å². The zero-order chi connectivity index (χ0) is 22.2. The molecule has 0 radical (unpaired) electrons. The molecule has 4 nitrogen and oxygen atoms in total. The van der Waals surface area contributed by atoms with E-state index in [0.29, 0.717) is 5.56 Å². The van der Waals surface area contributed by atoms with E-state index in [9.17, 15) is 9.90 Å². The number of aromatic nitrogens is 1. The highest BCUT2D eigenvalue weighted by Crippen LogP contribution is 2.39. The van der Waals surface area contributed by atoms with Gasteiger partial charge in [-0.2, -0.15) is 0 Å². The van der Waals surface area contributed by atoms with Crippen molar-refractivity contribution in [3.8, 4) is 12.3 Å². The molecule has 4 heteroatoms. The minimum atomic E-state index is -0.891. The summed E-state index contributed by atoms with van der Waals surface area (Å²) >= 11 is 0. The van der Waals surface area contributed by atoms with Crippen molar-refractivity contribution < 1.29 is 9.90 Å². The molecule has 2 heterocycles. The van der Waals surface area contributed by atoms with Gasteiger partial charge in [-0.05, 0) is 85.4 Å². The normalized spacial score (nSPS) is 21.5. The summed E-state index contributed by atoms with van der Waals surface area (Å²) in [6.45, 7) is 4.03.